The van der Waals surface area contributed by atoms with Gasteiger partial charge >= 0.3 is 0 Å². The Hall–Kier alpha value is 0.140. The lowest BCUT2D eigenvalue weighted by Gasteiger charge is -2.27. The summed E-state index contributed by atoms with van der Waals surface area (Å²) in [6, 6.07) is 2.84. The first kappa shape index (κ1) is 15.5. The summed E-state index contributed by atoms with van der Waals surface area (Å²) < 4.78 is 1.31. The lowest BCUT2D eigenvalue weighted by atomic mass is 9.90. The molecule has 0 bridgehead atoms. The van der Waals surface area contributed by atoms with Crippen LogP contribution in [0.5, 0.6) is 0 Å². The second-order valence-electron chi connectivity index (χ2n) is 5.75. The maximum absolute atomic E-state index is 3.82. The number of rotatable bonds is 5. The molecule has 1 nitrogen and oxygen atoms in total. The minimum absolute atomic E-state index is 0.561. The van der Waals surface area contributed by atoms with Crippen LogP contribution in [0.15, 0.2) is 10.5 Å². The van der Waals surface area contributed by atoms with Crippen LogP contribution in [-0.2, 0) is 0 Å². The Morgan fingerprint density at radius 1 is 1.32 bits per heavy atom. The predicted molar refractivity (Wildman–Crippen MR) is 89.0 cm³/mol. The molecule has 1 aromatic rings. The highest BCUT2D eigenvalue weighted by Gasteiger charge is 2.26. The molecule has 1 aliphatic rings. The molecular formula is C16H26BrNS. The van der Waals surface area contributed by atoms with Gasteiger partial charge in [-0.2, -0.15) is 0 Å². The topological polar surface area (TPSA) is 12.0 Å². The molecule has 0 aliphatic heterocycles. The van der Waals surface area contributed by atoms with E-state index >= 15 is 0 Å². The van der Waals surface area contributed by atoms with Crippen molar-refractivity contribution in [3.05, 3.63) is 20.3 Å². The smallest absolute Gasteiger partial charge is 0.0454 e. The van der Waals surface area contributed by atoms with E-state index in [-0.39, 0.29) is 0 Å². The summed E-state index contributed by atoms with van der Waals surface area (Å²) in [5.41, 5.74) is 0. The Bertz CT molecular complexity index is 380. The Labute approximate surface area is 130 Å². The van der Waals surface area contributed by atoms with Crippen molar-refractivity contribution in [3.8, 4) is 0 Å². The molecule has 0 radical (unpaired) electrons. The SMILES string of the molecule is CCCNC(c1sc(C)cc1Br)C1CCCCCC1. The zero-order chi connectivity index (χ0) is 13.7. The molecule has 108 valence electrons. The number of nitrogens with one attached hydrogen (secondary N) is 1. The van der Waals surface area contributed by atoms with Crippen molar-refractivity contribution in [1.82, 2.24) is 5.32 Å². The molecular weight excluding hydrogens is 318 g/mol. The quantitative estimate of drug-likeness (QED) is 0.663. The standard InChI is InChI=1S/C16H26BrNS/c1-3-10-18-15(13-8-6-4-5-7-9-13)16-14(17)11-12(2)19-16/h11,13,15,18H,3-10H2,1-2H3. The van der Waals surface area contributed by atoms with Crippen LogP contribution in [0.1, 0.15) is 67.7 Å². The number of thiophene rings is 1. The van der Waals surface area contributed by atoms with Crippen LogP contribution >= 0.6 is 27.3 Å². The summed E-state index contributed by atoms with van der Waals surface area (Å²) in [5, 5.41) is 3.82. The van der Waals surface area contributed by atoms with Gasteiger partial charge < -0.3 is 5.32 Å². The second-order valence-corrected chi connectivity index (χ2v) is 7.89. The summed E-state index contributed by atoms with van der Waals surface area (Å²) in [4.78, 5) is 2.94. The van der Waals surface area contributed by atoms with Crippen LogP contribution in [0.25, 0.3) is 0 Å². The van der Waals surface area contributed by atoms with Gasteiger partial charge in [-0.15, -0.1) is 11.3 Å². The van der Waals surface area contributed by atoms with Gasteiger partial charge in [0.25, 0.3) is 0 Å². The van der Waals surface area contributed by atoms with Gasteiger partial charge in [-0.25, -0.2) is 0 Å². The summed E-state index contributed by atoms with van der Waals surface area (Å²) in [5.74, 6) is 0.823. The molecule has 1 saturated carbocycles. The molecule has 2 rings (SSSR count). The van der Waals surface area contributed by atoms with E-state index in [0.717, 1.165) is 12.5 Å². The van der Waals surface area contributed by atoms with Crippen molar-refractivity contribution < 1.29 is 0 Å². The summed E-state index contributed by atoms with van der Waals surface area (Å²) >= 11 is 5.73. The fraction of sp³-hybridized carbons (Fsp3) is 0.750. The monoisotopic (exact) mass is 343 g/mol. The van der Waals surface area contributed by atoms with E-state index in [1.807, 2.05) is 11.3 Å². The van der Waals surface area contributed by atoms with Crippen LogP contribution in [0, 0.1) is 12.8 Å². The normalized spacial score (nSPS) is 19.3. The Morgan fingerprint density at radius 3 is 2.53 bits per heavy atom. The van der Waals surface area contributed by atoms with Crippen molar-refractivity contribution in [2.24, 2.45) is 5.92 Å². The minimum Gasteiger partial charge on any atom is -0.309 e. The maximum Gasteiger partial charge on any atom is 0.0454 e. The van der Waals surface area contributed by atoms with Gasteiger partial charge in [0.15, 0.2) is 0 Å². The molecule has 1 aliphatic carbocycles. The number of hydrogen-bond acceptors (Lipinski definition) is 2. The fourth-order valence-corrected chi connectivity index (χ4v) is 5.20. The van der Waals surface area contributed by atoms with E-state index in [0.29, 0.717) is 6.04 Å². The van der Waals surface area contributed by atoms with Crippen LogP contribution in [0.4, 0.5) is 0 Å². The molecule has 1 unspecified atom stereocenters. The maximum atomic E-state index is 3.82. The largest absolute Gasteiger partial charge is 0.309 e. The van der Waals surface area contributed by atoms with E-state index in [2.05, 4.69) is 41.2 Å². The molecule has 0 amide bonds. The van der Waals surface area contributed by atoms with E-state index in [4.69, 9.17) is 0 Å². The zero-order valence-corrected chi connectivity index (χ0v) is 14.6. The van der Waals surface area contributed by atoms with Crippen molar-refractivity contribution in [1.29, 1.82) is 0 Å². The molecule has 1 fully saturated rings. The third-order valence-electron chi connectivity index (χ3n) is 4.10. The van der Waals surface area contributed by atoms with Crippen LogP contribution < -0.4 is 5.32 Å². The number of halogens is 1. The minimum atomic E-state index is 0.561. The first-order valence-electron chi connectivity index (χ1n) is 7.71. The number of hydrogen-bond donors (Lipinski definition) is 1. The van der Waals surface area contributed by atoms with E-state index in [1.165, 1.54) is 59.2 Å². The molecule has 1 aromatic heterocycles. The van der Waals surface area contributed by atoms with Gasteiger partial charge in [0.2, 0.25) is 0 Å². The molecule has 19 heavy (non-hydrogen) atoms. The van der Waals surface area contributed by atoms with Crippen LogP contribution in [-0.4, -0.2) is 6.54 Å². The lowest BCUT2D eigenvalue weighted by Crippen LogP contribution is -2.28. The Balaban J connectivity index is 2.16. The molecule has 1 heterocycles. The molecule has 3 heteroatoms. The van der Waals surface area contributed by atoms with E-state index in [1.54, 1.807) is 0 Å². The third kappa shape index (κ3) is 4.30. The molecule has 1 N–H and O–H groups in total. The van der Waals surface area contributed by atoms with Gasteiger partial charge in [0, 0.05) is 20.3 Å². The van der Waals surface area contributed by atoms with Gasteiger partial charge in [0.1, 0.15) is 0 Å². The predicted octanol–water partition coefficient (Wildman–Crippen LogP) is 5.83. The summed E-state index contributed by atoms with van der Waals surface area (Å²) in [6.07, 6.45) is 9.69. The lowest BCUT2D eigenvalue weighted by molar-refractivity contribution is 0.329. The van der Waals surface area contributed by atoms with Crippen LogP contribution in [0.2, 0.25) is 0 Å². The second kappa shape index (κ2) is 7.80. The first-order valence-corrected chi connectivity index (χ1v) is 9.32. The summed E-state index contributed by atoms with van der Waals surface area (Å²) in [7, 11) is 0. The summed E-state index contributed by atoms with van der Waals surface area (Å²) in [6.45, 7) is 5.60. The highest BCUT2D eigenvalue weighted by Crippen LogP contribution is 2.40. The average Bonchev–Trinajstić information content (AvgIpc) is 2.60. The average molecular weight is 344 g/mol. The Kier molecular flexibility index (Phi) is 6.37. The van der Waals surface area contributed by atoms with Crippen molar-refractivity contribution >= 4 is 27.3 Å². The fourth-order valence-electron chi connectivity index (χ4n) is 3.13. The zero-order valence-electron chi connectivity index (χ0n) is 12.2. The van der Waals surface area contributed by atoms with Crippen molar-refractivity contribution in [3.63, 3.8) is 0 Å². The molecule has 0 saturated heterocycles. The highest BCUT2D eigenvalue weighted by molar-refractivity contribution is 9.10. The van der Waals surface area contributed by atoms with Gasteiger partial charge in [-0.05, 0) is 60.6 Å². The first-order chi connectivity index (χ1) is 9.22. The van der Waals surface area contributed by atoms with Gasteiger partial charge in [-0.3, -0.25) is 0 Å². The van der Waals surface area contributed by atoms with Crippen molar-refractivity contribution in [2.75, 3.05) is 6.54 Å². The van der Waals surface area contributed by atoms with Gasteiger partial charge in [-0.1, -0.05) is 32.6 Å². The van der Waals surface area contributed by atoms with Crippen LogP contribution in [0.3, 0.4) is 0 Å². The van der Waals surface area contributed by atoms with E-state index < -0.39 is 0 Å². The van der Waals surface area contributed by atoms with E-state index in [9.17, 15) is 0 Å². The Morgan fingerprint density at radius 2 is 2.00 bits per heavy atom. The van der Waals surface area contributed by atoms with Crippen molar-refractivity contribution in [2.45, 2.75) is 64.8 Å². The van der Waals surface area contributed by atoms with Gasteiger partial charge in [0.05, 0.1) is 0 Å². The molecule has 1 atom stereocenters. The third-order valence-corrected chi connectivity index (χ3v) is 6.16. The molecule has 0 aromatic carbocycles. The molecule has 0 spiro atoms. The number of aryl methyl sites for hydroxylation is 1. The highest BCUT2D eigenvalue weighted by atomic mass is 79.9.